The van der Waals surface area contributed by atoms with Crippen molar-refractivity contribution < 1.29 is 44.3 Å². The largest absolute Gasteiger partial charge is 1.00 e. The maximum Gasteiger partial charge on any atom is 1.00 e. The van der Waals surface area contributed by atoms with Crippen molar-refractivity contribution in [3.8, 4) is 0 Å². The summed E-state index contributed by atoms with van der Waals surface area (Å²) >= 11 is 0. The van der Waals surface area contributed by atoms with Crippen molar-refractivity contribution >= 4 is 11.9 Å². The van der Waals surface area contributed by atoms with Crippen LogP contribution in [0.3, 0.4) is 0 Å². The normalized spacial score (nSPS) is 17.3. The first-order valence-electron chi connectivity index (χ1n) is 8.67. The number of carboxylic acids is 1. The van der Waals surface area contributed by atoms with Crippen LogP contribution in [0.1, 0.15) is 84.0 Å². The Morgan fingerprint density at radius 3 is 2.09 bits per heavy atom. The molecule has 0 radical (unpaired) electrons. The van der Waals surface area contributed by atoms with Crippen molar-refractivity contribution in [1.29, 1.82) is 0 Å². The molecule has 1 amide bonds. The second-order valence-electron chi connectivity index (χ2n) is 6.14. The first-order chi connectivity index (χ1) is 10.2. The second-order valence-corrected chi connectivity index (χ2v) is 6.14. The number of carbonyl (C=O) groups is 2. The molecule has 1 fully saturated rings. The van der Waals surface area contributed by atoms with E-state index in [0.29, 0.717) is 19.4 Å². The third-order valence-corrected chi connectivity index (χ3v) is 4.34. The average Bonchev–Trinajstić information content (AvgIpc) is 2.95. The van der Waals surface area contributed by atoms with Gasteiger partial charge in [-0.1, -0.05) is 58.3 Å². The minimum atomic E-state index is -1.10. The van der Waals surface area contributed by atoms with Crippen molar-refractivity contribution in [2.75, 3.05) is 6.54 Å². The summed E-state index contributed by atoms with van der Waals surface area (Å²) in [6.45, 7) is 2.80. The van der Waals surface area contributed by atoms with Gasteiger partial charge in [0.05, 0.1) is 12.0 Å². The molecule has 1 heterocycles. The third-order valence-electron chi connectivity index (χ3n) is 4.34. The van der Waals surface area contributed by atoms with Crippen LogP contribution in [0.5, 0.6) is 0 Å². The summed E-state index contributed by atoms with van der Waals surface area (Å²) < 4.78 is 0. The molecule has 1 aliphatic rings. The minimum Gasteiger partial charge on any atom is -0.548 e. The standard InChI is InChI=1S/C17H31NO3.Na/c1-2-3-4-5-6-7-8-9-10-13-16(19)18-14-11-12-15(18)17(20)21;/h15H,2-14H2,1H3,(H,20,21);/q;+1/p-1/t15-;/m0./s1. The van der Waals surface area contributed by atoms with E-state index >= 15 is 0 Å². The predicted octanol–water partition coefficient (Wildman–Crippen LogP) is -0.348. The summed E-state index contributed by atoms with van der Waals surface area (Å²) in [4.78, 5) is 24.4. The number of amides is 1. The van der Waals surface area contributed by atoms with Crippen molar-refractivity contribution in [3.63, 3.8) is 0 Å². The van der Waals surface area contributed by atoms with E-state index in [-0.39, 0.29) is 35.5 Å². The Kier molecular flexibility index (Phi) is 13.3. The summed E-state index contributed by atoms with van der Waals surface area (Å²) in [6, 6.07) is -0.684. The van der Waals surface area contributed by atoms with Crippen LogP contribution in [-0.4, -0.2) is 29.4 Å². The molecule has 0 aromatic carbocycles. The monoisotopic (exact) mass is 319 g/mol. The maximum atomic E-state index is 12.0. The van der Waals surface area contributed by atoms with Crippen molar-refractivity contribution in [2.24, 2.45) is 0 Å². The van der Waals surface area contributed by atoms with Gasteiger partial charge in [-0.3, -0.25) is 4.79 Å². The molecule has 0 aliphatic carbocycles. The molecule has 122 valence electrons. The Morgan fingerprint density at radius 1 is 1.00 bits per heavy atom. The van der Waals surface area contributed by atoms with Crippen LogP contribution < -0.4 is 34.7 Å². The van der Waals surface area contributed by atoms with Gasteiger partial charge in [-0.15, -0.1) is 0 Å². The van der Waals surface area contributed by atoms with Gasteiger partial charge in [0.15, 0.2) is 0 Å². The molecule has 0 N–H and O–H groups in total. The molecule has 1 aliphatic heterocycles. The number of nitrogens with zero attached hydrogens (tertiary/aromatic N) is 1. The van der Waals surface area contributed by atoms with Gasteiger partial charge in [0.2, 0.25) is 5.91 Å². The van der Waals surface area contributed by atoms with Crippen LogP contribution >= 0.6 is 0 Å². The number of carboxylic acid groups (broad SMARTS) is 1. The maximum absolute atomic E-state index is 12.0. The number of hydrogen-bond acceptors (Lipinski definition) is 3. The van der Waals surface area contributed by atoms with E-state index in [4.69, 9.17) is 0 Å². The molecular weight excluding hydrogens is 289 g/mol. The number of likely N-dealkylation sites (tertiary alicyclic amines) is 1. The number of hydrogen-bond donors (Lipinski definition) is 0. The summed E-state index contributed by atoms with van der Waals surface area (Å²) in [7, 11) is 0. The Balaban J connectivity index is 0.00000441. The Bertz CT molecular complexity index is 323. The van der Waals surface area contributed by atoms with Crippen molar-refractivity contribution in [1.82, 2.24) is 4.90 Å². The molecule has 1 rings (SSSR count). The number of unbranched alkanes of at least 4 members (excludes halogenated alkanes) is 8. The summed E-state index contributed by atoms with van der Waals surface area (Å²) in [5, 5.41) is 10.9. The molecule has 0 unspecified atom stereocenters. The van der Waals surface area contributed by atoms with E-state index in [2.05, 4.69) is 6.92 Å². The number of aliphatic carboxylic acids is 1. The molecular formula is C17H30NNaO3. The summed E-state index contributed by atoms with van der Waals surface area (Å²) in [5.41, 5.74) is 0. The van der Waals surface area contributed by atoms with Gasteiger partial charge in [-0.05, 0) is 19.3 Å². The van der Waals surface area contributed by atoms with Crippen LogP contribution in [-0.2, 0) is 9.59 Å². The van der Waals surface area contributed by atoms with Crippen molar-refractivity contribution in [2.45, 2.75) is 90.0 Å². The molecule has 5 heteroatoms. The van der Waals surface area contributed by atoms with E-state index in [0.717, 1.165) is 19.3 Å². The van der Waals surface area contributed by atoms with Gasteiger partial charge < -0.3 is 14.8 Å². The van der Waals surface area contributed by atoms with Gasteiger partial charge in [0.1, 0.15) is 0 Å². The van der Waals surface area contributed by atoms with Crippen molar-refractivity contribution in [3.05, 3.63) is 0 Å². The minimum absolute atomic E-state index is 0. The van der Waals surface area contributed by atoms with Gasteiger partial charge in [0, 0.05) is 13.0 Å². The molecule has 0 saturated carbocycles. The second kappa shape index (κ2) is 13.4. The quantitative estimate of drug-likeness (QED) is 0.386. The zero-order valence-corrected chi connectivity index (χ0v) is 16.4. The smallest absolute Gasteiger partial charge is 0.548 e. The van der Waals surface area contributed by atoms with Crippen LogP contribution in [0.4, 0.5) is 0 Å². The van der Waals surface area contributed by atoms with Crippen LogP contribution in [0, 0.1) is 0 Å². The number of rotatable bonds is 11. The van der Waals surface area contributed by atoms with E-state index in [1.54, 1.807) is 0 Å². The summed E-state index contributed by atoms with van der Waals surface area (Å²) in [6.07, 6.45) is 12.8. The van der Waals surface area contributed by atoms with Gasteiger partial charge in [-0.25, -0.2) is 0 Å². The predicted molar refractivity (Wildman–Crippen MR) is 81.6 cm³/mol. The molecule has 1 saturated heterocycles. The van der Waals surface area contributed by atoms with E-state index in [1.165, 1.54) is 49.8 Å². The fraction of sp³-hybridized carbons (Fsp3) is 0.882. The zero-order valence-electron chi connectivity index (χ0n) is 14.4. The zero-order chi connectivity index (χ0) is 15.5. The molecule has 1 atom stereocenters. The average molecular weight is 319 g/mol. The summed E-state index contributed by atoms with van der Waals surface area (Å²) in [5.74, 6) is -1.11. The van der Waals surface area contributed by atoms with E-state index in [9.17, 15) is 14.7 Å². The molecule has 4 nitrogen and oxygen atoms in total. The molecule has 22 heavy (non-hydrogen) atoms. The van der Waals surface area contributed by atoms with Gasteiger partial charge in [-0.2, -0.15) is 0 Å². The van der Waals surface area contributed by atoms with Gasteiger partial charge >= 0.3 is 29.6 Å². The van der Waals surface area contributed by atoms with Crippen LogP contribution in [0.2, 0.25) is 0 Å². The fourth-order valence-electron chi connectivity index (χ4n) is 3.04. The molecule has 0 aromatic heterocycles. The number of carbonyl (C=O) groups excluding carboxylic acids is 2. The first kappa shape index (κ1) is 21.9. The fourth-order valence-corrected chi connectivity index (χ4v) is 3.04. The molecule has 0 bridgehead atoms. The Hall–Kier alpha value is -0.0600. The third kappa shape index (κ3) is 8.54. The molecule has 0 spiro atoms. The van der Waals surface area contributed by atoms with E-state index < -0.39 is 12.0 Å². The Morgan fingerprint density at radius 2 is 1.55 bits per heavy atom. The van der Waals surface area contributed by atoms with Gasteiger partial charge in [0.25, 0.3) is 0 Å². The Labute approximate surface area is 157 Å². The first-order valence-corrected chi connectivity index (χ1v) is 8.67. The molecule has 0 aromatic rings. The van der Waals surface area contributed by atoms with Crippen LogP contribution in [0.25, 0.3) is 0 Å². The topological polar surface area (TPSA) is 60.4 Å². The van der Waals surface area contributed by atoms with E-state index in [1.807, 2.05) is 0 Å². The SMILES string of the molecule is CCCCCCCCCCCC(=O)N1CCC[C@H]1C(=O)[O-].[Na+]. The van der Waals surface area contributed by atoms with Crippen LogP contribution in [0.15, 0.2) is 0 Å².